The monoisotopic (exact) mass is 194 g/mol. The topological polar surface area (TPSA) is 9.23 Å². The molecule has 0 N–H and O–H groups in total. The van der Waals surface area contributed by atoms with Gasteiger partial charge in [-0.05, 0) is 43.4 Å². The zero-order valence-electron chi connectivity index (χ0n) is 9.24. The van der Waals surface area contributed by atoms with Gasteiger partial charge in [0, 0.05) is 0 Å². The Morgan fingerprint density at radius 1 is 0.857 bits per heavy atom. The molecule has 0 amide bonds. The van der Waals surface area contributed by atoms with Gasteiger partial charge < -0.3 is 4.74 Å². The van der Waals surface area contributed by atoms with Crippen LogP contribution in [0.3, 0.4) is 0 Å². The quantitative estimate of drug-likeness (QED) is 0.574. The lowest BCUT2D eigenvalue weighted by molar-refractivity contribution is -0.00242. The molecular formula is C13H22O. The number of hydrogen-bond acceptors (Lipinski definition) is 1. The fourth-order valence-corrected chi connectivity index (χ4v) is 4.01. The predicted octanol–water partition coefficient (Wildman–Crippen LogP) is 3.38. The SMILES string of the molecule is C[C@H]1CCC2C(C1)OC1CCCCC12. The molecule has 4 unspecified atom stereocenters. The van der Waals surface area contributed by atoms with E-state index in [1.165, 1.54) is 44.9 Å². The Bertz CT molecular complexity index is 213. The van der Waals surface area contributed by atoms with Gasteiger partial charge in [0.25, 0.3) is 0 Å². The summed E-state index contributed by atoms with van der Waals surface area (Å²) >= 11 is 0. The molecule has 0 bridgehead atoms. The fraction of sp³-hybridized carbons (Fsp3) is 1.00. The van der Waals surface area contributed by atoms with E-state index in [1.807, 2.05) is 0 Å². The molecule has 0 radical (unpaired) electrons. The van der Waals surface area contributed by atoms with E-state index in [-0.39, 0.29) is 0 Å². The minimum absolute atomic E-state index is 0.645. The van der Waals surface area contributed by atoms with Crippen LogP contribution in [0.4, 0.5) is 0 Å². The molecule has 1 heterocycles. The van der Waals surface area contributed by atoms with Crippen LogP contribution in [0.15, 0.2) is 0 Å². The summed E-state index contributed by atoms with van der Waals surface area (Å²) in [7, 11) is 0. The van der Waals surface area contributed by atoms with Crippen LogP contribution in [0.1, 0.15) is 51.9 Å². The molecule has 0 aromatic rings. The molecule has 2 aliphatic carbocycles. The van der Waals surface area contributed by atoms with Gasteiger partial charge in [-0.15, -0.1) is 0 Å². The first-order valence-electron chi connectivity index (χ1n) is 6.50. The van der Waals surface area contributed by atoms with Gasteiger partial charge in [-0.3, -0.25) is 0 Å². The molecule has 1 saturated heterocycles. The number of fused-ring (bicyclic) bond motifs is 3. The smallest absolute Gasteiger partial charge is 0.0613 e. The molecule has 0 spiro atoms. The predicted molar refractivity (Wildman–Crippen MR) is 57.1 cm³/mol. The maximum absolute atomic E-state index is 6.24. The minimum atomic E-state index is 0.645. The van der Waals surface area contributed by atoms with Gasteiger partial charge in [0.05, 0.1) is 12.2 Å². The van der Waals surface area contributed by atoms with Crippen LogP contribution in [0.2, 0.25) is 0 Å². The third-order valence-electron chi connectivity index (χ3n) is 4.76. The van der Waals surface area contributed by atoms with E-state index in [4.69, 9.17) is 4.74 Å². The molecule has 5 atom stereocenters. The maximum Gasteiger partial charge on any atom is 0.0613 e. The molecule has 0 aromatic carbocycles. The molecule has 3 aliphatic rings. The summed E-state index contributed by atoms with van der Waals surface area (Å²) in [6.07, 6.45) is 11.2. The van der Waals surface area contributed by atoms with Crippen molar-refractivity contribution in [1.29, 1.82) is 0 Å². The lowest BCUT2D eigenvalue weighted by Gasteiger charge is -2.32. The molecule has 0 aromatic heterocycles. The highest BCUT2D eigenvalue weighted by Crippen LogP contribution is 2.48. The van der Waals surface area contributed by atoms with Gasteiger partial charge in [-0.1, -0.05) is 26.2 Å². The summed E-state index contributed by atoms with van der Waals surface area (Å²) in [5, 5.41) is 0. The molecule has 1 heteroatoms. The Morgan fingerprint density at radius 2 is 1.64 bits per heavy atom. The first kappa shape index (κ1) is 9.21. The van der Waals surface area contributed by atoms with Gasteiger partial charge in [-0.2, -0.15) is 0 Å². The van der Waals surface area contributed by atoms with Crippen molar-refractivity contribution < 1.29 is 4.74 Å². The van der Waals surface area contributed by atoms with Crippen LogP contribution in [0.5, 0.6) is 0 Å². The van der Waals surface area contributed by atoms with Crippen molar-refractivity contribution in [1.82, 2.24) is 0 Å². The Balaban J connectivity index is 1.74. The second-order valence-corrected chi connectivity index (χ2v) is 5.74. The van der Waals surface area contributed by atoms with E-state index in [9.17, 15) is 0 Å². The highest BCUT2D eigenvalue weighted by Gasteiger charge is 2.46. The van der Waals surface area contributed by atoms with Crippen LogP contribution < -0.4 is 0 Å². The highest BCUT2D eigenvalue weighted by atomic mass is 16.5. The molecule has 2 saturated carbocycles. The normalized spacial score (nSPS) is 52.5. The lowest BCUT2D eigenvalue weighted by Crippen LogP contribution is -2.29. The third-order valence-corrected chi connectivity index (χ3v) is 4.76. The van der Waals surface area contributed by atoms with Crippen LogP contribution >= 0.6 is 0 Å². The Hall–Kier alpha value is -0.0400. The average Bonchev–Trinajstić information content (AvgIpc) is 2.54. The maximum atomic E-state index is 6.24. The molecule has 14 heavy (non-hydrogen) atoms. The van der Waals surface area contributed by atoms with E-state index >= 15 is 0 Å². The standard InChI is InChI=1S/C13H22O/c1-9-6-7-11-10-4-2-3-5-12(10)14-13(11)8-9/h9-13H,2-8H2,1H3/t9-,10?,11?,12?,13?/m0/s1. The van der Waals surface area contributed by atoms with Crippen molar-refractivity contribution in [2.45, 2.75) is 64.1 Å². The fourth-order valence-electron chi connectivity index (χ4n) is 4.01. The van der Waals surface area contributed by atoms with E-state index in [2.05, 4.69) is 6.92 Å². The van der Waals surface area contributed by atoms with Crippen molar-refractivity contribution in [3.8, 4) is 0 Å². The summed E-state index contributed by atoms with van der Waals surface area (Å²) in [4.78, 5) is 0. The molecule has 3 rings (SSSR count). The minimum Gasteiger partial charge on any atom is -0.374 e. The molecular weight excluding hydrogens is 172 g/mol. The Morgan fingerprint density at radius 3 is 2.57 bits per heavy atom. The summed E-state index contributed by atoms with van der Waals surface area (Å²) < 4.78 is 6.24. The second-order valence-electron chi connectivity index (χ2n) is 5.74. The Kier molecular flexibility index (Phi) is 2.31. The van der Waals surface area contributed by atoms with Gasteiger partial charge in [-0.25, -0.2) is 0 Å². The summed E-state index contributed by atoms with van der Waals surface area (Å²) in [5.41, 5.74) is 0. The van der Waals surface area contributed by atoms with Crippen molar-refractivity contribution >= 4 is 0 Å². The lowest BCUT2D eigenvalue weighted by atomic mass is 9.71. The van der Waals surface area contributed by atoms with Crippen molar-refractivity contribution in [3.05, 3.63) is 0 Å². The molecule has 3 fully saturated rings. The largest absolute Gasteiger partial charge is 0.374 e. The molecule has 1 nitrogen and oxygen atoms in total. The molecule has 1 aliphatic heterocycles. The third kappa shape index (κ3) is 1.41. The average molecular weight is 194 g/mol. The van der Waals surface area contributed by atoms with Crippen LogP contribution in [-0.4, -0.2) is 12.2 Å². The van der Waals surface area contributed by atoms with Gasteiger partial charge >= 0.3 is 0 Å². The van der Waals surface area contributed by atoms with E-state index in [1.54, 1.807) is 0 Å². The zero-order chi connectivity index (χ0) is 9.54. The van der Waals surface area contributed by atoms with Crippen molar-refractivity contribution in [2.75, 3.05) is 0 Å². The van der Waals surface area contributed by atoms with E-state index < -0.39 is 0 Å². The summed E-state index contributed by atoms with van der Waals surface area (Å²) in [6, 6.07) is 0. The van der Waals surface area contributed by atoms with Crippen LogP contribution in [-0.2, 0) is 4.74 Å². The van der Waals surface area contributed by atoms with Gasteiger partial charge in [0.15, 0.2) is 0 Å². The van der Waals surface area contributed by atoms with E-state index in [0.717, 1.165) is 17.8 Å². The van der Waals surface area contributed by atoms with Crippen LogP contribution in [0.25, 0.3) is 0 Å². The first-order chi connectivity index (χ1) is 6.84. The summed E-state index contributed by atoms with van der Waals surface area (Å²) in [6.45, 7) is 2.39. The van der Waals surface area contributed by atoms with Crippen LogP contribution in [0, 0.1) is 17.8 Å². The second kappa shape index (κ2) is 3.52. The van der Waals surface area contributed by atoms with Gasteiger partial charge in [0.2, 0.25) is 0 Å². The van der Waals surface area contributed by atoms with Crippen molar-refractivity contribution in [3.63, 3.8) is 0 Å². The zero-order valence-corrected chi connectivity index (χ0v) is 9.24. The molecule has 80 valence electrons. The van der Waals surface area contributed by atoms with Crippen molar-refractivity contribution in [2.24, 2.45) is 17.8 Å². The highest BCUT2D eigenvalue weighted by molar-refractivity contribution is 4.95. The van der Waals surface area contributed by atoms with Gasteiger partial charge in [0.1, 0.15) is 0 Å². The Labute approximate surface area is 87.2 Å². The number of ether oxygens (including phenoxy) is 1. The first-order valence-corrected chi connectivity index (χ1v) is 6.50. The number of rotatable bonds is 0. The summed E-state index contributed by atoms with van der Waals surface area (Å²) in [5.74, 6) is 2.80. The number of hydrogen-bond donors (Lipinski definition) is 0. The van der Waals surface area contributed by atoms with E-state index in [0.29, 0.717) is 12.2 Å².